The van der Waals surface area contributed by atoms with Crippen molar-refractivity contribution in [3.05, 3.63) is 47.8 Å². The van der Waals surface area contributed by atoms with Gasteiger partial charge in [0.25, 0.3) is 0 Å². The molecule has 1 N–H and O–H groups in total. The van der Waals surface area contributed by atoms with Crippen molar-refractivity contribution in [3.63, 3.8) is 0 Å². The number of rotatable bonds is 6. The molecule has 0 saturated carbocycles. The van der Waals surface area contributed by atoms with Crippen LogP contribution in [0, 0.1) is 0 Å². The number of pyridine rings is 1. The molecule has 3 rings (SSSR count). The maximum Gasteiger partial charge on any atom is 0.356 e. The highest BCUT2D eigenvalue weighted by Crippen LogP contribution is 2.35. The van der Waals surface area contributed by atoms with Crippen LogP contribution in [0.3, 0.4) is 0 Å². The van der Waals surface area contributed by atoms with Gasteiger partial charge in [-0.25, -0.2) is 19.4 Å². The standard InChI is InChI=1S/C20H18N2O7/c1-5-6-29-20(25)12-7-10-8-14(26-2)17-15(16(10)21-12)11(18(23)27-3)9-13(22-17)19(24)28-4/h5,7-9,21H,1,6H2,2-4H3. The molecule has 9 nitrogen and oxygen atoms in total. The monoisotopic (exact) mass is 398 g/mol. The Kier molecular flexibility index (Phi) is 5.49. The zero-order valence-electron chi connectivity index (χ0n) is 16.0. The van der Waals surface area contributed by atoms with Gasteiger partial charge >= 0.3 is 17.9 Å². The van der Waals surface area contributed by atoms with Crippen molar-refractivity contribution in [2.75, 3.05) is 27.9 Å². The predicted molar refractivity (Wildman–Crippen MR) is 103 cm³/mol. The predicted octanol–water partition coefficient (Wildman–Crippen LogP) is 2.64. The second kappa shape index (κ2) is 8.01. The molecule has 0 radical (unpaired) electrons. The van der Waals surface area contributed by atoms with Crippen LogP contribution in [0.5, 0.6) is 5.75 Å². The van der Waals surface area contributed by atoms with E-state index in [9.17, 15) is 14.4 Å². The third kappa shape index (κ3) is 3.49. The zero-order chi connectivity index (χ0) is 21.1. The number of nitrogens with zero attached hydrogens (tertiary/aromatic N) is 1. The van der Waals surface area contributed by atoms with Gasteiger partial charge in [0.15, 0.2) is 0 Å². The SMILES string of the molecule is C=CCOC(=O)c1cc2cc(OC)c3nc(C(=O)OC)cc(C(=O)OC)c3c2[nH]1. The Morgan fingerprint density at radius 1 is 1.07 bits per heavy atom. The smallest absolute Gasteiger partial charge is 0.356 e. The molecule has 0 spiro atoms. The van der Waals surface area contributed by atoms with Crippen molar-refractivity contribution in [1.82, 2.24) is 9.97 Å². The van der Waals surface area contributed by atoms with Gasteiger partial charge in [0.2, 0.25) is 0 Å². The molecular formula is C20H18N2O7. The molecule has 2 heterocycles. The summed E-state index contributed by atoms with van der Waals surface area (Å²) in [5.41, 5.74) is 0.820. The topological polar surface area (TPSA) is 117 Å². The minimum absolute atomic E-state index is 0.0513. The number of aromatic nitrogens is 2. The highest BCUT2D eigenvalue weighted by molar-refractivity contribution is 6.18. The second-order valence-corrected chi connectivity index (χ2v) is 5.88. The number of ether oxygens (including phenoxy) is 4. The molecule has 0 unspecified atom stereocenters. The van der Waals surface area contributed by atoms with Crippen molar-refractivity contribution in [3.8, 4) is 5.75 Å². The van der Waals surface area contributed by atoms with E-state index in [1.165, 1.54) is 33.5 Å². The van der Waals surface area contributed by atoms with Crippen LogP contribution in [0.15, 0.2) is 30.9 Å². The molecule has 0 fully saturated rings. The van der Waals surface area contributed by atoms with Crippen LogP contribution in [0.25, 0.3) is 21.8 Å². The maximum atomic E-state index is 12.5. The Balaban J connectivity index is 2.38. The van der Waals surface area contributed by atoms with E-state index in [4.69, 9.17) is 18.9 Å². The summed E-state index contributed by atoms with van der Waals surface area (Å²) in [6.07, 6.45) is 1.45. The lowest BCUT2D eigenvalue weighted by Gasteiger charge is -2.11. The lowest BCUT2D eigenvalue weighted by Crippen LogP contribution is -2.10. The van der Waals surface area contributed by atoms with Gasteiger partial charge in [-0.05, 0) is 18.2 Å². The summed E-state index contributed by atoms with van der Waals surface area (Å²) in [6, 6.07) is 4.47. The molecule has 0 saturated heterocycles. The Morgan fingerprint density at radius 3 is 2.41 bits per heavy atom. The second-order valence-electron chi connectivity index (χ2n) is 5.88. The van der Waals surface area contributed by atoms with Crippen LogP contribution < -0.4 is 4.74 Å². The lowest BCUT2D eigenvalue weighted by atomic mass is 10.0. The molecule has 0 aliphatic heterocycles. The van der Waals surface area contributed by atoms with E-state index in [0.717, 1.165) is 0 Å². The average Bonchev–Trinajstić information content (AvgIpc) is 3.18. The molecule has 1 aromatic carbocycles. The fourth-order valence-electron chi connectivity index (χ4n) is 2.94. The number of aromatic amines is 1. The van der Waals surface area contributed by atoms with E-state index in [1.807, 2.05) is 0 Å². The van der Waals surface area contributed by atoms with Crippen LogP contribution in [-0.4, -0.2) is 55.8 Å². The quantitative estimate of drug-likeness (QED) is 0.383. The third-order valence-corrected chi connectivity index (χ3v) is 4.21. The lowest BCUT2D eigenvalue weighted by molar-refractivity contribution is 0.0541. The van der Waals surface area contributed by atoms with Crippen LogP contribution in [-0.2, 0) is 14.2 Å². The largest absolute Gasteiger partial charge is 0.494 e. The van der Waals surface area contributed by atoms with Crippen molar-refractivity contribution >= 4 is 39.7 Å². The molecule has 0 aliphatic carbocycles. The van der Waals surface area contributed by atoms with Gasteiger partial charge in [-0.2, -0.15) is 0 Å². The van der Waals surface area contributed by atoms with Crippen LogP contribution in [0.2, 0.25) is 0 Å². The van der Waals surface area contributed by atoms with Crippen molar-refractivity contribution in [1.29, 1.82) is 0 Å². The van der Waals surface area contributed by atoms with Gasteiger partial charge in [0.1, 0.15) is 29.3 Å². The highest BCUT2D eigenvalue weighted by atomic mass is 16.5. The maximum absolute atomic E-state index is 12.5. The minimum Gasteiger partial charge on any atom is -0.494 e. The number of methoxy groups -OCH3 is 3. The number of benzene rings is 1. The number of carbonyl (C=O) groups is 3. The normalized spacial score (nSPS) is 10.6. The van der Waals surface area contributed by atoms with Gasteiger partial charge < -0.3 is 23.9 Å². The van der Waals surface area contributed by atoms with Crippen LogP contribution >= 0.6 is 0 Å². The first kappa shape index (κ1) is 19.9. The summed E-state index contributed by atoms with van der Waals surface area (Å²) in [5, 5.41) is 0.916. The number of hydrogen-bond donors (Lipinski definition) is 1. The molecule has 9 heteroatoms. The van der Waals surface area contributed by atoms with Gasteiger partial charge in [-0.15, -0.1) is 0 Å². The van der Waals surface area contributed by atoms with E-state index in [-0.39, 0.29) is 29.1 Å². The number of esters is 3. The van der Waals surface area contributed by atoms with Gasteiger partial charge in [0, 0.05) is 10.8 Å². The summed E-state index contributed by atoms with van der Waals surface area (Å²) in [7, 11) is 3.85. The Morgan fingerprint density at radius 2 is 1.79 bits per heavy atom. The van der Waals surface area contributed by atoms with E-state index >= 15 is 0 Å². The zero-order valence-corrected chi connectivity index (χ0v) is 16.0. The van der Waals surface area contributed by atoms with Gasteiger partial charge in [-0.3, -0.25) is 0 Å². The summed E-state index contributed by atoms with van der Waals surface area (Å²) >= 11 is 0. The summed E-state index contributed by atoms with van der Waals surface area (Å²) in [4.78, 5) is 43.9. The first-order valence-electron chi connectivity index (χ1n) is 8.44. The highest BCUT2D eigenvalue weighted by Gasteiger charge is 2.24. The number of nitrogens with one attached hydrogen (secondary N) is 1. The van der Waals surface area contributed by atoms with Crippen molar-refractivity contribution < 1.29 is 33.3 Å². The summed E-state index contributed by atoms with van der Waals surface area (Å²) in [6.45, 7) is 3.55. The number of hydrogen-bond acceptors (Lipinski definition) is 8. The minimum atomic E-state index is -0.723. The summed E-state index contributed by atoms with van der Waals surface area (Å²) in [5.74, 6) is -1.71. The van der Waals surface area contributed by atoms with Crippen LogP contribution in [0.4, 0.5) is 0 Å². The van der Waals surface area contributed by atoms with Gasteiger partial charge in [0.05, 0.1) is 32.4 Å². The number of fused-ring (bicyclic) bond motifs is 3. The Bertz CT molecular complexity index is 1150. The molecule has 150 valence electrons. The number of H-pyrrole nitrogens is 1. The fraction of sp³-hybridized carbons (Fsp3) is 0.200. The first-order valence-corrected chi connectivity index (χ1v) is 8.44. The van der Waals surface area contributed by atoms with Gasteiger partial charge in [-0.1, -0.05) is 12.7 Å². The average molecular weight is 398 g/mol. The van der Waals surface area contributed by atoms with Crippen LogP contribution in [0.1, 0.15) is 31.3 Å². The Hall–Kier alpha value is -3.88. The summed E-state index contributed by atoms with van der Waals surface area (Å²) < 4.78 is 20.0. The molecule has 0 aliphatic rings. The molecule has 2 aromatic heterocycles. The molecule has 3 aromatic rings. The Labute approximate surface area is 165 Å². The van der Waals surface area contributed by atoms with Crippen molar-refractivity contribution in [2.45, 2.75) is 0 Å². The molecule has 0 bridgehead atoms. The van der Waals surface area contributed by atoms with E-state index in [1.54, 1.807) is 12.1 Å². The van der Waals surface area contributed by atoms with E-state index in [2.05, 4.69) is 16.5 Å². The molecule has 0 amide bonds. The molecule has 0 atom stereocenters. The van der Waals surface area contributed by atoms with E-state index in [0.29, 0.717) is 22.0 Å². The number of carbonyl (C=O) groups excluding carboxylic acids is 3. The molecular weight excluding hydrogens is 380 g/mol. The molecule has 29 heavy (non-hydrogen) atoms. The van der Waals surface area contributed by atoms with E-state index < -0.39 is 17.9 Å². The first-order chi connectivity index (χ1) is 13.9. The van der Waals surface area contributed by atoms with Crippen molar-refractivity contribution in [2.24, 2.45) is 0 Å². The fourth-order valence-corrected chi connectivity index (χ4v) is 2.94. The third-order valence-electron chi connectivity index (χ3n) is 4.21.